The van der Waals surface area contributed by atoms with Gasteiger partial charge >= 0.3 is 4.87 Å². The first-order valence-corrected chi connectivity index (χ1v) is 14.8. The van der Waals surface area contributed by atoms with Crippen molar-refractivity contribution in [1.82, 2.24) is 4.57 Å². The van der Waals surface area contributed by atoms with Gasteiger partial charge in [-0.1, -0.05) is 81.0 Å². The molecule has 196 valence electrons. The summed E-state index contributed by atoms with van der Waals surface area (Å²) in [6.45, 7) is -0.210. The lowest BCUT2D eigenvalue weighted by atomic mass is 9.83. The van der Waals surface area contributed by atoms with Gasteiger partial charge in [-0.05, 0) is 54.1 Å². The number of rotatable bonds is 5. The number of imide groups is 1. The molecule has 1 saturated heterocycles. The van der Waals surface area contributed by atoms with Crippen molar-refractivity contribution in [2.75, 3.05) is 10.2 Å². The lowest BCUT2D eigenvalue weighted by Crippen LogP contribution is -2.33. The number of aromatic nitrogens is 1. The number of benzene rings is 3. The van der Waals surface area contributed by atoms with Crippen LogP contribution < -0.4 is 15.1 Å². The Labute approximate surface area is 244 Å². The van der Waals surface area contributed by atoms with Crippen molar-refractivity contribution >= 4 is 79.7 Å². The number of nitrogens with one attached hydrogen (secondary N) is 1. The average molecular weight is 641 g/mol. The van der Waals surface area contributed by atoms with Crippen molar-refractivity contribution < 1.29 is 14.4 Å². The molecular formula is C28H19BrClN3O4S2. The Bertz CT molecular complexity index is 1670. The van der Waals surface area contributed by atoms with Gasteiger partial charge in [0.1, 0.15) is 11.8 Å². The van der Waals surface area contributed by atoms with Crippen LogP contribution in [-0.2, 0) is 20.9 Å². The minimum atomic E-state index is -0.762. The number of carbonyl (C=O) groups is 3. The van der Waals surface area contributed by atoms with Crippen molar-refractivity contribution in [3.05, 3.63) is 108 Å². The van der Waals surface area contributed by atoms with Gasteiger partial charge in [0.25, 0.3) is 0 Å². The van der Waals surface area contributed by atoms with E-state index in [1.54, 1.807) is 36.4 Å². The van der Waals surface area contributed by atoms with Crippen LogP contribution >= 0.6 is 50.6 Å². The fourth-order valence-electron chi connectivity index (χ4n) is 5.02. The van der Waals surface area contributed by atoms with Gasteiger partial charge in [-0.25, -0.2) is 4.90 Å². The topological polar surface area (TPSA) is 88.5 Å². The molecule has 3 unspecified atom stereocenters. The second kappa shape index (κ2) is 10.4. The van der Waals surface area contributed by atoms with Crippen LogP contribution in [0, 0.1) is 5.92 Å². The molecule has 3 amide bonds. The summed E-state index contributed by atoms with van der Waals surface area (Å²) in [5, 5.41) is 3.09. The van der Waals surface area contributed by atoms with Gasteiger partial charge < -0.3 is 5.32 Å². The molecule has 11 heteroatoms. The maximum absolute atomic E-state index is 13.9. The molecule has 39 heavy (non-hydrogen) atoms. The summed E-state index contributed by atoms with van der Waals surface area (Å²) in [5.41, 5.74) is 1.87. The van der Waals surface area contributed by atoms with E-state index in [2.05, 4.69) is 21.2 Å². The number of nitrogens with zero attached hydrogens (tertiary/aromatic N) is 2. The van der Waals surface area contributed by atoms with E-state index in [0.29, 0.717) is 26.3 Å². The van der Waals surface area contributed by atoms with Gasteiger partial charge in [-0.2, -0.15) is 0 Å². The number of para-hydroxylation sites is 1. The number of hydrogen-bond donors (Lipinski definition) is 1. The van der Waals surface area contributed by atoms with E-state index >= 15 is 0 Å². The largest absolute Gasteiger partial charge is 0.325 e. The fraction of sp³-hybridized carbons (Fsp3) is 0.143. The highest BCUT2D eigenvalue weighted by Crippen LogP contribution is 2.54. The highest BCUT2D eigenvalue weighted by Gasteiger charge is 2.56. The molecule has 7 nitrogen and oxygen atoms in total. The number of thiazole rings is 1. The van der Waals surface area contributed by atoms with Crippen LogP contribution in [0.4, 0.5) is 11.4 Å². The molecule has 2 aliphatic heterocycles. The van der Waals surface area contributed by atoms with E-state index in [9.17, 15) is 19.2 Å². The predicted molar refractivity (Wildman–Crippen MR) is 157 cm³/mol. The van der Waals surface area contributed by atoms with E-state index in [-0.39, 0.29) is 29.1 Å². The third-order valence-electron chi connectivity index (χ3n) is 6.70. The summed E-state index contributed by atoms with van der Waals surface area (Å²) < 4.78 is 2.23. The Morgan fingerprint density at radius 1 is 0.949 bits per heavy atom. The van der Waals surface area contributed by atoms with E-state index in [0.717, 1.165) is 21.4 Å². The normalized spacial score (nSPS) is 20.1. The van der Waals surface area contributed by atoms with Gasteiger partial charge in [0.2, 0.25) is 17.7 Å². The zero-order valence-corrected chi connectivity index (χ0v) is 24.0. The quantitative estimate of drug-likeness (QED) is 0.280. The summed E-state index contributed by atoms with van der Waals surface area (Å²) in [5.74, 6) is -2.30. The molecule has 0 bridgehead atoms. The molecule has 0 spiro atoms. The average Bonchev–Trinajstić information content (AvgIpc) is 3.36. The number of carbonyl (C=O) groups excluding carboxylic acids is 3. The van der Waals surface area contributed by atoms with Crippen molar-refractivity contribution in [1.29, 1.82) is 0 Å². The maximum atomic E-state index is 13.9. The minimum absolute atomic E-state index is 0.210. The van der Waals surface area contributed by atoms with Crippen LogP contribution in [0.15, 0.2) is 93.2 Å². The van der Waals surface area contributed by atoms with Crippen LogP contribution in [0.1, 0.15) is 16.4 Å². The van der Waals surface area contributed by atoms with E-state index in [1.807, 2.05) is 42.5 Å². The first-order valence-electron chi connectivity index (χ1n) is 12.0. The lowest BCUT2D eigenvalue weighted by molar-refractivity contribution is -0.122. The molecule has 1 fully saturated rings. The fourth-order valence-corrected chi connectivity index (χ4v) is 8.34. The molecule has 0 saturated carbocycles. The molecule has 6 rings (SSSR count). The van der Waals surface area contributed by atoms with Crippen LogP contribution in [0.2, 0.25) is 5.02 Å². The van der Waals surface area contributed by atoms with Gasteiger partial charge in [0.05, 0.1) is 16.6 Å². The first kappa shape index (κ1) is 26.1. The molecule has 1 aromatic heterocycles. The van der Waals surface area contributed by atoms with Gasteiger partial charge in [0.15, 0.2) is 0 Å². The van der Waals surface area contributed by atoms with Crippen molar-refractivity contribution in [3.63, 3.8) is 0 Å². The number of thioether (sulfide) groups is 1. The summed E-state index contributed by atoms with van der Waals surface area (Å²) in [7, 11) is 0. The number of hydrogen-bond acceptors (Lipinski definition) is 6. The zero-order valence-electron chi connectivity index (χ0n) is 20.0. The van der Waals surface area contributed by atoms with Crippen molar-refractivity contribution in [2.24, 2.45) is 5.92 Å². The van der Waals surface area contributed by atoms with Crippen LogP contribution in [0.5, 0.6) is 0 Å². The maximum Gasteiger partial charge on any atom is 0.308 e. The molecule has 0 aliphatic carbocycles. The molecule has 3 atom stereocenters. The smallest absolute Gasteiger partial charge is 0.308 e. The molecular weight excluding hydrogens is 622 g/mol. The molecule has 0 radical (unpaired) electrons. The summed E-state index contributed by atoms with van der Waals surface area (Å²) in [6.07, 6.45) is 0. The van der Waals surface area contributed by atoms with Crippen LogP contribution in [-0.4, -0.2) is 27.5 Å². The Morgan fingerprint density at radius 2 is 1.69 bits per heavy atom. The lowest BCUT2D eigenvalue weighted by Gasteiger charge is -2.30. The molecule has 4 aromatic rings. The van der Waals surface area contributed by atoms with E-state index < -0.39 is 17.1 Å². The summed E-state index contributed by atoms with van der Waals surface area (Å²) in [4.78, 5) is 55.3. The molecule has 2 aliphatic rings. The first-order chi connectivity index (χ1) is 18.8. The molecule has 3 heterocycles. The number of anilines is 2. The van der Waals surface area contributed by atoms with Gasteiger partial charge in [-0.15, -0.1) is 0 Å². The predicted octanol–water partition coefficient (Wildman–Crippen LogP) is 5.76. The van der Waals surface area contributed by atoms with E-state index in [4.69, 9.17) is 11.6 Å². The SMILES string of the molecule is O=C(Cn1c2c(sc1=O)C(c1cccc(Br)c1)C1C(=O)N(c3ccc(Cl)cc3)C(=O)C1S2)Nc1ccccc1. The standard InChI is InChI=1S/C28H19BrClN3O4S2/c29-16-6-4-5-15(13-16)21-22-23(26(36)33(25(22)35)19-11-9-17(30)10-12-19)38-27-24(21)39-28(37)32(27)14-20(34)31-18-7-2-1-3-8-18/h1-13,21-23H,14H2,(H,31,34). The number of halogens is 2. The number of fused-ring (bicyclic) bond motifs is 2. The van der Waals surface area contributed by atoms with E-state index in [1.165, 1.54) is 21.2 Å². The number of amides is 3. The molecule has 1 N–H and O–H groups in total. The Kier molecular flexibility index (Phi) is 6.96. The Hall–Kier alpha value is -3.18. The highest BCUT2D eigenvalue weighted by atomic mass is 79.9. The summed E-state index contributed by atoms with van der Waals surface area (Å²) in [6, 6.07) is 23.1. The second-order valence-electron chi connectivity index (χ2n) is 9.12. The second-order valence-corrected chi connectivity index (χ2v) is 12.6. The zero-order chi connectivity index (χ0) is 27.3. The Balaban J connectivity index is 1.42. The van der Waals surface area contributed by atoms with Crippen molar-refractivity contribution in [3.8, 4) is 0 Å². The van der Waals surface area contributed by atoms with Gasteiger partial charge in [-0.3, -0.25) is 23.7 Å². The van der Waals surface area contributed by atoms with Crippen LogP contribution in [0.25, 0.3) is 0 Å². The minimum Gasteiger partial charge on any atom is -0.325 e. The molecule has 3 aromatic carbocycles. The highest BCUT2D eigenvalue weighted by molar-refractivity contribution is 9.10. The Morgan fingerprint density at radius 3 is 2.41 bits per heavy atom. The monoisotopic (exact) mass is 639 g/mol. The summed E-state index contributed by atoms with van der Waals surface area (Å²) >= 11 is 11.8. The van der Waals surface area contributed by atoms with Crippen molar-refractivity contribution in [2.45, 2.75) is 22.7 Å². The third-order valence-corrected chi connectivity index (χ3v) is 10.1. The van der Waals surface area contributed by atoms with Crippen LogP contribution in [0.3, 0.4) is 0 Å². The third kappa shape index (κ3) is 4.75. The van der Waals surface area contributed by atoms with Gasteiger partial charge in [0, 0.05) is 26.0 Å².